The van der Waals surface area contributed by atoms with Crippen molar-refractivity contribution >= 4 is 22.6 Å². The van der Waals surface area contributed by atoms with Crippen molar-refractivity contribution in [2.75, 3.05) is 51.3 Å². The topological polar surface area (TPSA) is 66.1 Å². The van der Waals surface area contributed by atoms with Crippen LogP contribution in [-0.4, -0.2) is 52.0 Å². The second kappa shape index (κ2) is 8.78. The largest absolute Gasteiger partial charge is 0.462 e. The lowest BCUT2D eigenvalue weighted by Crippen LogP contribution is -3.14. The molecule has 2 heterocycles. The van der Waals surface area contributed by atoms with Gasteiger partial charge in [0.1, 0.15) is 18.7 Å². The van der Waals surface area contributed by atoms with Gasteiger partial charge in [0.2, 0.25) is 5.52 Å². The van der Waals surface area contributed by atoms with Crippen LogP contribution in [0.15, 0.2) is 30.5 Å². The Morgan fingerprint density at radius 2 is 2.12 bits per heavy atom. The Morgan fingerprint density at radius 1 is 1.32 bits per heavy atom. The molecule has 6 heteroatoms. The molecule has 0 atom stereocenters. The van der Waals surface area contributed by atoms with E-state index in [1.165, 1.54) is 0 Å². The smallest absolute Gasteiger partial charge is 0.346 e. The number of anilines is 1. The van der Waals surface area contributed by atoms with Crippen molar-refractivity contribution in [3.8, 4) is 0 Å². The third-order valence-electron chi connectivity index (χ3n) is 4.54. The number of aromatic amines is 1. The maximum absolute atomic E-state index is 12.3. The van der Waals surface area contributed by atoms with Crippen molar-refractivity contribution in [2.24, 2.45) is 0 Å². The molecule has 1 aromatic heterocycles. The first-order chi connectivity index (χ1) is 12.3. The van der Waals surface area contributed by atoms with Gasteiger partial charge in [-0.05, 0) is 13.0 Å². The normalized spacial score (nSPS) is 15.2. The van der Waals surface area contributed by atoms with E-state index >= 15 is 0 Å². The number of carbonyl (C=O) groups excluding carboxylic acids is 1. The monoisotopic (exact) mass is 345 g/mol. The summed E-state index contributed by atoms with van der Waals surface area (Å²) >= 11 is 0. The number of morpholine rings is 1. The number of hydrogen-bond acceptors (Lipinski definition) is 4. The minimum absolute atomic E-state index is 0.300. The molecule has 25 heavy (non-hydrogen) atoms. The number of para-hydroxylation sites is 1. The van der Waals surface area contributed by atoms with E-state index in [1.54, 1.807) is 11.1 Å². The summed E-state index contributed by atoms with van der Waals surface area (Å²) in [5.41, 5.74) is 2.40. The summed E-state index contributed by atoms with van der Waals surface area (Å²) in [6.45, 7) is 8.00. The molecule has 0 aliphatic carbocycles. The number of nitrogens with one attached hydrogen (secondary N) is 3. The molecule has 1 aromatic carbocycles. The first-order valence-electron chi connectivity index (χ1n) is 9.05. The van der Waals surface area contributed by atoms with Crippen LogP contribution in [0.25, 0.3) is 10.9 Å². The molecule has 3 rings (SSSR count). The number of esters is 1. The van der Waals surface area contributed by atoms with Gasteiger partial charge < -0.3 is 19.7 Å². The standard InChI is InChI=1S/C19H25N3O3/c1-2-25-19(23)16-14-21-17-7-4-3-6-15(17)18(16)20-8-5-9-22-10-12-24-13-11-22/h3-4,6-7,14H,2,5,8-13H2,1H3,(H,20,21)/p+2. The molecule has 1 fully saturated rings. The quantitative estimate of drug-likeness (QED) is 0.568. The molecule has 0 radical (unpaired) electrons. The lowest BCUT2D eigenvalue weighted by atomic mass is 10.1. The molecule has 0 amide bonds. The molecule has 1 aliphatic rings. The zero-order valence-electron chi connectivity index (χ0n) is 14.8. The van der Waals surface area contributed by atoms with Gasteiger partial charge in [0.15, 0.2) is 6.20 Å². The third kappa shape index (κ3) is 4.46. The van der Waals surface area contributed by atoms with Gasteiger partial charge in [-0.25, -0.2) is 9.78 Å². The van der Waals surface area contributed by atoms with Gasteiger partial charge in [0, 0.05) is 19.0 Å². The number of rotatable bonds is 7. The number of aromatic nitrogens is 1. The summed E-state index contributed by atoms with van der Waals surface area (Å²) in [7, 11) is 0. The Morgan fingerprint density at radius 3 is 2.92 bits per heavy atom. The van der Waals surface area contributed by atoms with Crippen LogP contribution in [0.2, 0.25) is 0 Å². The lowest BCUT2D eigenvalue weighted by molar-refractivity contribution is -0.908. The van der Waals surface area contributed by atoms with Gasteiger partial charge in [0.25, 0.3) is 0 Å². The fourth-order valence-corrected chi connectivity index (χ4v) is 3.22. The zero-order valence-corrected chi connectivity index (χ0v) is 14.8. The van der Waals surface area contributed by atoms with Crippen molar-refractivity contribution in [3.63, 3.8) is 0 Å². The van der Waals surface area contributed by atoms with Crippen molar-refractivity contribution in [2.45, 2.75) is 13.3 Å². The number of carbonyl (C=O) groups is 1. The molecular weight excluding hydrogens is 318 g/mol. The minimum Gasteiger partial charge on any atom is -0.462 e. The molecule has 3 N–H and O–H groups in total. The summed E-state index contributed by atoms with van der Waals surface area (Å²) in [6.07, 6.45) is 2.78. The highest BCUT2D eigenvalue weighted by Crippen LogP contribution is 2.24. The number of H-pyrrole nitrogens is 1. The average Bonchev–Trinajstić information content (AvgIpc) is 2.66. The predicted molar refractivity (Wildman–Crippen MR) is 95.9 cm³/mol. The van der Waals surface area contributed by atoms with E-state index in [0.29, 0.717) is 12.2 Å². The second-order valence-corrected chi connectivity index (χ2v) is 6.24. The Labute approximate surface area is 148 Å². The molecule has 134 valence electrons. The first kappa shape index (κ1) is 17.6. The van der Waals surface area contributed by atoms with Gasteiger partial charge in [0.05, 0.1) is 37.4 Å². The maximum Gasteiger partial charge on any atom is 0.346 e. The highest BCUT2D eigenvalue weighted by Gasteiger charge is 2.20. The van der Waals surface area contributed by atoms with Crippen LogP contribution in [0.5, 0.6) is 0 Å². The van der Waals surface area contributed by atoms with E-state index in [-0.39, 0.29) is 5.97 Å². The van der Waals surface area contributed by atoms with E-state index in [0.717, 1.165) is 62.4 Å². The molecule has 6 nitrogen and oxygen atoms in total. The van der Waals surface area contributed by atoms with Crippen molar-refractivity contribution in [1.82, 2.24) is 0 Å². The average molecular weight is 345 g/mol. The van der Waals surface area contributed by atoms with Gasteiger partial charge in [-0.15, -0.1) is 0 Å². The van der Waals surface area contributed by atoms with Crippen molar-refractivity contribution in [1.29, 1.82) is 0 Å². The van der Waals surface area contributed by atoms with Crippen LogP contribution in [0, 0.1) is 0 Å². The van der Waals surface area contributed by atoms with Gasteiger partial charge in [-0.3, -0.25) is 0 Å². The molecule has 0 unspecified atom stereocenters. The molecule has 1 aliphatic heterocycles. The summed E-state index contributed by atoms with van der Waals surface area (Å²) in [4.78, 5) is 17.1. The minimum atomic E-state index is -0.300. The highest BCUT2D eigenvalue weighted by molar-refractivity contribution is 6.03. The van der Waals surface area contributed by atoms with Crippen LogP contribution in [0.4, 0.5) is 5.69 Å². The first-order valence-corrected chi connectivity index (χ1v) is 9.05. The lowest BCUT2D eigenvalue weighted by Gasteiger charge is -2.23. The van der Waals surface area contributed by atoms with Crippen LogP contribution in [0.3, 0.4) is 0 Å². The molecule has 0 saturated carbocycles. The SMILES string of the molecule is CCOC(=O)c1c[nH+]c2ccccc2c1NCCC[NH+]1CCOCC1. The Balaban J connectivity index is 1.71. The summed E-state index contributed by atoms with van der Waals surface area (Å²) in [5, 5.41) is 4.48. The molecular formula is C19H27N3O3+2. The number of quaternary nitrogens is 1. The summed E-state index contributed by atoms with van der Waals surface area (Å²) < 4.78 is 10.6. The Bertz CT molecular complexity index is 714. The van der Waals surface area contributed by atoms with E-state index < -0.39 is 0 Å². The van der Waals surface area contributed by atoms with Crippen molar-refractivity contribution in [3.05, 3.63) is 36.0 Å². The van der Waals surface area contributed by atoms with Gasteiger partial charge >= 0.3 is 5.97 Å². The van der Waals surface area contributed by atoms with Crippen molar-refractivity contribution < 1.29 is 24.2 Å². The van der Waals surface area contributed by atoms with Gasteiger partial charge in [-0.2, -0.15) is 0 Å². The molecule has 2 aromatic rings. The number of fused-ring (bicyclic) bond motifs is 1. The molecule has 1 saturated heterocycles. The van der Waals surface area contributed by atoms with Crippen LogP contribution in [0.1, 0.15) is 23.7 Å². The van der Waals surface area contributed by atoms with E-state index in [9.17, 15) is 4.79 Å². The predicted octanol–water partition coefficient (Wildman–Crippen LogP) is 0.548. The fourth-order valence-electron chi connectivity index (χ4n) is 3.22. The van der Waals surface area contributed by atoms with Gasteiger partial charge in [-0.1, -0.05) is 12.1 Å². The van der Waals surface area contributed by atoms with Crippen LogP contribution in [-0.2, 0) is 9.47 Å². The molecule has 0 bridgehead atoms. The fraction of sp³-hybridized carbons (Fsp3) is 0.474. The Hall–Kier alpha value is -2.18. The number of hydrogen-bond donors (Lipinski definition) is 2. The van der Waals surface area contributed by atoms with Crippen LogP contribution >= 0.6 is 0 Å². The highest BCUT2D eigenvalue weighted by atomic mass is 16.5. The Kier molecular flexibility index (Phi) is 6.19. The van der Waals surface area contributed by atoms with Crippen LogP contribution < -0.4 is 15.2 Å². The number of ether oxygens (including phenoxy) is 2. The van der Waals surface area contributed by atoms with E-state index in [1.807, 2.05) is 31.2 Å². The second-order valence-electron chi connectivity index (χ2n) is 6.24. The number of pyridine rings is 1. The summed E-state index contributed by atoms with van der Waals surface area (Å²) in [6, 6.07) is 7.99. The third-order valence-corrected chi connectivity index (χ3v) is 4.54. The number of benzene rings is 1. The maximum atomic E-state index is 12.3. The summed E-state index contributed by atoms with van der Waals surface area (Å²) in [5.74, 6) is -0.300. The molecule has 0 spiro atoms. The zero-order chi connectivity index (χ0) is 17.5. The van der Waals surface area contributed by atoms with E-state index in [4.69, 9.17) is 9.47 Å². The van der Waals surface area contributed by atoms with E-state index in [2.05, 4.69) is 10.3 Å².